The van der Waals surface area contributed by atoms with Gasteiger partial charge in [0.05, 0.1) is 15.5 Å². The van der Waals surface area contributed by atoms with Crippen LogP contribution in [0.1, 0.15) is 50.4 Å². The summed E-state index contributed by atoms with van der Waals surface area (Å²) >= 11 is 6.02. The smallest absolute Gasteiger partial charge is 0.340 e. The number of hydrogen-bond acceptors (Lipinski definition) is 4. The normalized spacial score (nSPS) is 24.5. The average molecular weight is 340 g/mol. The van der Waals surface area contributed by atoms with E-state index >= 15 is 0 Å². The number of rotatable bonds is 4. The Labute approximate surface area is 141 Å². The van der Waals surface area contributed by atoms with Crippen LogP contribution in [0.15, 0.2) is 18.2 Å². The number of nitro groups is 1. The van der Waals surface area contributed by atoms with Crippen molar-refractivity contribution in [3.05, 3.63) is 38.9 Å². The van der Waals surface area contributed by atoms with Crippen LogP contribution in [-0.4, -0.2) is 17.0 Å². The standard InChI is InChI=1S/C17H22ClNO4/c1-10(2)13-6-4-11(3)8-16(13)23-17(20)14-9-12(19(21)22)5-7-15(14)18/h5,7,9-11,13,16H,4,6,8H2,1-3H3/t11-,13-,16+/m1/s1. The van der Waals surface area contributed by atoms with Crippen molar-refractivity contribution in [2.24, 2.45) is 17.8 Å². The number of benzene rings is 1. The van der Waals surface area contributed by atoms with Crippen LogP contribution < -0.4 is 0 Å². The van der Waals surface area contributed by atoms with Gasteiger partial charge < -0.3 is 4.74 Å². The molecule has 5 nitrogen and oxygen atoms in total. The zero-order chi connectivity index (χ0) is 17.1. The summed E-state index contributed by atoms with van der Waals surface area (Å²) in [5.41, 5.74) is -0.111. The van der Waals surface area contributed by atoms with Crippen LogP contribution in [0.25, 0.3) is 0 Å². The first-order chi connectivity index (χ1) is 10.8. The van der Waals surface area contributed by atoms with Crippen LogP contribution in [0, 0.1) is 27.9 Å². The van der Waals surface area contributed by atoms with Gasteiger partial charge >= 0.3 is 5.97 Å². The molecule has 1 aromatic rings. The van der Waals surface area contributed by atoms with Gasteiger partial charge in [0.25, 0.3) is 5.69 Å². The molecule has 6 heteroatoms. The van der Waals surface area contributed by atoms with E-state index in [1.54, 1.807) is 0 Å². The monoisotopic (exact) mass is 339 g/mol. The molecule has 1 saturated carbocycles. The largest absolute Gasteiger partial charge is 0.458 e. The topological polar surface area (TPSA) is 69.4 Å². The second-order valence-corrected chi connectivity index (χ2v) is 7.10. The van der Waals surface area contributed by atoms with E-state index in [-0.39, 0.29) is 22.4 Å². The lowest BCUT2D eigenvalue weighted by Gasteiger charge is -2.36. The number of esters is 1. The molecule has 0 bridgehead atoms. The van der Waals surface area contributed by atoms with Crippen LogP contribution >= 0.6 is 11.6 Å². The highest BCUT2D eigenvalue weighted by molar-refractivity contribution is 6.33. The number of hydrogen-bond donors (Lipinski definition) is 0. The quantitative estimate of drug-likeness (QED) is 0.446. The molecule has 0 aromatic heterocycles. The highest BCUT2D eigenvalue weighted by atomic mass is 35.5. The van der Waals surface area contributed by atoms with Gasteiger partial charge in [0.2, 0.25) is 0 Å². The molecule has 0 unspecified atom stereocenters. The predicted molar refractivity (Wildman–Crippen MR) is 88.7 cm³/mol. The van der Waals surface area contributed by atoms with E-state index in [1.807, 2.05) is 0 Å². The molecule has 0 N–H and O–H groups in total. The molecule has 0 amide bonds. The van der Waals surface area contributed by atoms with Gasteiger partial charge in [-0.1, -0.05) is 38.8 Å². The second kappa shape index (κ2) is 7.30. The van der Waals surface area contributed by atoms with E-state index in [1.165, 1.54) is 18.2 Å². The maximum atomic E-state index is 12.5. The molecule has 0 saturated heterocycles. The highest BCUT2D eigenvalue weighted by Crippen LogP contribution is 2.36. The number of ether oxygens (including phenoxy) is 1. The van der Waals surface area contributed by atoms with Crippen LogP contribution in [-0.2, 0) is 4.74 Å². The molecule has 2 rings (SSSR count). The maximum Gasteiger partial charge on any atom is 0.340 e. The first-order valence-corrected chi connectivity index (χ1v) is 8.32. The summed E-state index contributed by atoms with van der Waals surface area (Å²) in [5.74, 6) is 0.653. The zero-order valence-corrected chi connectivity index (χ0v) is 14.4. The molecule has 3 atom stereocenters. The molecular weight excluding hydrogens is 318 g/mol. The first kappa shape index (κ1) is 17.7. The van der Waals surface area contributed by atoms with Gasteiger partial charge in [0, 0.05) is 12.1 Å². The number of carbonyl (C=O) groups excluding carboxylic acids is 1. The fourth-order valence-electron chi connectivity index (χ4n) is 3.23. The minimum atomic E-state index is -0.580. The average Bonchev–Trinajstić information content (AvgIpc) is 2.46. The fourth-order valence-corrected chi connectivity index (χ4v) is 3.43. The molecule has 1 aliphatic carbocycles. The van der Waals surface area contributed by atoms with Crippen LogP contribution in [0.5, 0.6) is 0 Å². The van der Waals surface area contributed by atoms with E-state index in [0.717, 1.165) is 19.3 Å². The number of non-ortho nitro benzene ring substituents is 1. The van der Waals surface area contributed by atoms with E-state index in [9.17, 15) is 14.9 Å². The van der Waals surface area contributed by atoms with Gasteiger partial charge in [-0.3, -0.25) is 10.1 Å². The van der Waals surface area contributed by atoms with Gasteiger partial charge in [-0.05, 0) is 36.7 Å². The molecule has 0 spiro atoms. The van der Waals surface area contributed by atoms with Crippen LogP contribution in [0.2, 0.25) is 5.02 Å². The molecule has 1 fully saturated rings. The third-order valence-corrected chi connectivity index (χ3v) is 4.93. The van der Waals surface area contributed by atoms with Crippen LogP contribution in [0.3, 0.4) is 0 Å². The maximum absolute atomic E-state index is 12.5. The Balaban J connectivity index is 2.20. The van der Waals surface area contributed by atoms with Crippen molar-refractivity contribution in [1.82, 2.24) is 0 Å². The summed E-state index contributed by atoms with van der Waals surface area (Å²) in [6.07, 6.45) is 2.82. The predicted octanol–water partition coefficient (Wildman–Crippen LogP) is 4.87. The van der Waals surface area contributed by atoms with E-state index in [0.29, 0.717) is 17.8 Å². The summed E-state index contributed by atoms with van der Waals surface area (Å²) in [5, 5.41) is 11.0. The Bertz CT molecular complexity index is 602. The third-order valence-electron chi connectivity index (χ3n) is 4.60. The minimum absolute atomic E-state index is 0.0570. The van der Waals surface area contributed by atoms with Crippen molar-refractivity contribution >= 4 is 23.3 Å². The second-order valence-electron chi connectivity index (χ2n) is 6.69. The van der Waals surface area contributed by atoms with Crippen molar-refractivity contribution < 1.29 is 14.5 Å². The molecule has 1 aromatic carbocycles. The summed E-state index contributed by atoms with van der Waals surface area (Å²) in [6, 6.07) is 3.82. The summed E-state index contributed by atoms with van der Waals surface area (Å²) in [4.78, 5) is 22.8. The van der Waals surface area contributed by atoms with Crippen molar-refractivity contribution in [2.75, 3.05) is 0 Å². The summed E-state index contributed by atoms with van der Waals surface area (Å²) < 4.78 is 5.69. The van der Waals surface area contributed by atoms with Gasteiger partial charge in [0.15, 0.2) is 0 Å². The fraction of sp³-hybridized carbons (Fsp3) is 0.588. The molecule has 0 aliphatic heterocycles. The Morgan fingerprint density at radius 2 is 2.09 bits per heavy atom. The van der Waals surface area contributed by atoms with Crippen LogP contribution in [0.4, 0.5) is 5.69 Å². The van der Waals surface area contributed by atoms with Crippen molar-refractivity contribution in [1.29, 1.82) is 0 Å². The SMILES string of the molecule is CC(C)[C@H]1CC[C@@H](C)C[C@@H]1OC(=O)c1cc([N+](=O)[O-])ccc1Cl. The summed E-state index contributed by atoms with van der Waals surface area (Å²) in [6.45, 7) is 6.40. The number of carbonyl (C=O) groups is 1. The van der Waals surface area contributed by atoms with Gasteiger partial charge in [-0.2, -0.15) is 0 Å². The van der Waals surface area contributed by atoms with Crippen molar-refractivity contribution in [3.8, 4) is 0 Å². The molecule has 0 heterocycles. The van der Waals surface area contributed by atoms with Gasteiger partial charge in [-0.15, -0.1) is 0 Å². The van der Waals surface area contributed by atoms with E-state index < -0.39 is 10.9 Å². The molecule has 1 aliphatic rings. The lowest BCUT2D eigenvalue weighted by molar-refractivity contribution is -0.384. The number of halogens is 1. The zero-order valence-electron chi connectivity index (χ0n) is 13.6. The Morgan fingerprint density at radius 1 is 1.39 bits per heavy atom. The third kappa shape index (κ3) is 4.22. The van der Waals surface area contributed by atoms with E-state index in [4.69, 9.17) is 16.3 Å². The van der Waals surface area contributed by atoms with Gasteiger partial charge in [-0.25, -0.2) is 4.79 Å². The Morgan fingerprint density at radius 3 is 2.70 bits per heavy atom. The lowest BCUT2D eigenvalue weighted by Crippen LogP contribution is -2.35. The Hall–Kier alpha value is -1.62. The van der Waals surface area contributed by atoms with E-state index in [2.05, 4.69) is 20.8 Å². The molecule has 0 radical (unpaired) electrons. The van der Waals surface area contributed by atoms with Crippen molar-refractivity contribution in [2.45, 2.75) is 46.1 Å². The molecular formula is C17H22ClNO4. The lowest BCUT2D eigenvalue weighted by atomic mass is 9.75. The number of nitrogens with zero attached hydrogens (tertiary/aromatic N) is 1. The molecule has 23 heavy (non-hydrogen) atoms. The molecule has 126 valence electrons. The number of nitro benzene ring substituents is 1. The minimum Gasteiger partial charge on any atom is -0.458 e. The van der Waals surface area contributed by atoms with Gasteiger partial charge in [0.1, 0.15) is 6.10 Å². The Kier molecular flexibility index (Phi) is 5.63. The first-order valence-electron chi connectivity index (χ1n) is 7.94. The summed E-state index contributed by atoms with van der Waals surface area (Å²) in [7, 11) is 0. The highest BCUT2D eigenvalue weighted by Gasteiger charge is 2.34. The van der Waals surface area contributed by atoms with Crippen molar-refractivity contribution in [3.63, 3.8) is 0 Å².